The van der Waals surface area contributed by atoms with E-state index in [9.17, 15) is 0 Å². The topological polar surface area (TPSA) is 30.7 Å². The van der Waals surface area contributed by atoms with Gasteiger partial charge in [-0.3, -0.25) is 0 Å². The molecule has 1 aromatic carbocycles. The van der Waals surface area contributed by atoms with Crippen LogP contribution in [0.2, 0.25) is 0 Å². The predicted octanol–water partition coefficient (Wildman–Crippen LogP) is 4.62. The lowest BCUT2D eigenvalue weighted by atomic mass is 10.0. The third kappa shape index (κ3) is 2.24. The summed E-state index contributed by atoms with van der Waals surface area (Å²) in [5, 5.41) is 0. The highest BCUT2D eigenvalue weighted by Gasteiger charge is 2.17. The van der Waals surface area contributed by atoms with Crippen molar-refractivity contribution < 1.29 is 0 Å². The van der Waals surface area contributed by atoms with E-state index in [0.717, 1.165) is 26.8 Å². The van der Waals surface area contributed by atoms with Gasteiger partial charge in [0.05, 0.1) is 17.4 Å². The minimum atomic E-state index is 0.0192. The third-order valence-electron chi connectivity index (χ3n) is 3.34. The molecule has 0 amide bonds. The van der Waals surface area contributed by atoms with Crippen molar-refractivity contribution in [3.05, 3.63) is 47.5 Å². The zero-order valence-corrected chi connectivity index (χ0v) is 13.3. The van der Waals surface area contributed by atoms with Crippen molar-refractivity contribution in [3.63, 3.8) is 0 Å². The number of fused-ring (bicyclic) bond motifs is 1. The van der Waals surface area contributed by atoms with E-state index in [2.05, 4.69) is 75.5 Å². The number of rotatable bonds is 1. The lowest BCUT2D eigenvalue weighted by Crippen LogP contribution is -2.20. The van der Waals surface area contributed by atoms with Gasteiger partial charge in [0.15, 0.2) is 0 Å². The molecule has 0 atom stereocenters. The van der Waals surface area contributed by atoms with Gasteiger partial charge in [0.1, 0.15) is 4.60 Å². The fraction of sp³-hybridized carbons (Fsp3) is 0.250. The highest BCUT2D eigenvalue weighted by Crippen LogP contribution is 2.30. The molecule has 2 heterocycles. The zero-order valence-electron chi connectivity index (χ0n) is 11.8. The first-order valence-electron chi connectivity index (χ1n) is 6.55. The monoisotopic (exact) mass is 329 g/mol. The maximum Gasteiger partial charge on any atom is 0.106 e. The highest BCUT2D eigenvalue weighted by atomic mass is 79.9. The molecule has 102 valence electrons. The first-order valence-corrected chi connectivity index (χ1v) is 7.34. The van der Waals surface area contributed by atoms with Gasteiger partial charge in [0.2, 0.25) is 0 Å². The van der Waals surface area contributed by atoms with Crippen LogP contribution in [-0.4, -0.2) is 14.5 Å². The molecule has 0 bridgehead atoms. The minimum Gasteiger partial charge on any atom is -0.325 e. The molecule has 0 aliphatic heterocycles. The van der Waals surface area contributed by atoms with Crippen LogP contribution in [0.25, 0.3) is 22.2 Å². The Balaban J connectivity index is 2.23. The molecular formula is C16H16BrN3. The van der Waals surface area contributed by atoms with Gasteiger partial charge in [-0.1, -0.05) is 18.2 Å². The van der Waals surface area contributed by atoms with Crippen LogP contribution in [0.15, 0.2) is 47.5 Å². The van der Waals surface area contributed by atoms with Crippen molar-refractivity contribution in [2.45, 2.75) is 26.3 Å². The van der Waals surface area contributed by atoms with E-state index in [-0.39, 0.29) is 5.54 Å². The van der Waals surface area contributed by atoms with Gasteiger partial charge in [-0.2, -0.15) is 0 Å². The molecule has 0 saturated heterocycles. The second-order valence-corrected chi connectivity index (χ2v) is 6.64. The molecule has 0 fully saturated rings. The van der Waals surface area contributed by atoms with Gasteiger partial charge in [0.25, 0.3) is 0 Å². The normalized spacial score (nSPS) is 12.0. The summed E-state index contributed by atoms with van der Waals surface area (Å²) in [6, 6.07) is 10.3. The van der Waals surface area contributed by atoms with Crippen LogP contribution in [0, 0.1) is 0 Å². The first-order chi connectivity index (χ1) is 9.47. The molecule has 3 nitrogen and oxygen atoms in total. The number of nitrogens with zero attached hydrogens (tertiary/aromatic N) is 3. The molecular weight excluding hydrogens is 314 g/mol. The highest BCUT2D eigenvalue weighted by molar-refractivity contribution is 9.10. The van der Waals surface area contributed by atoms with Crippen LogP contribution in [-0.2, 0) is 5.54 Å². The van der Waals surface area contributed by atoms with E-state index >= 15 is 0 Å². The maximum absolute atomic E-state index is 4.61. The van der Waals surface area contributed by atoms with Crippen LogP contribution < -0.4 is 0 Å². The molecule has 0 aliphatic carbocycles. The molecule has 0 radical (unpaired) electrons. The molecule has 0 unspecified atom stereocenters. The zero-order chi connectivity index (χ0) is 14.3. The molecule has 0 aliphatic rings. The Morgan fingerprint density at radius 2 is 1.85 bits per heavy atom. The second-order valence-electron chi connectivity index (χ2n) is 5.83. The van der Waals surface area contributed by atoms with Crippen LogP contribution >= 0.6 is 15.9 Å². The number of hydrogen-bond acceptors (Lipinski definition) is 2. The van der Waals surface area contributed by atoms with Crippen LogP contribution in [0.4, 0.5) is 0 Å². The summed E-state index contributed by atoms with van der Waals surface area (Å²) in [5.74, 6) is 0. The number of benzene rings is 1. The van der Waals surface area contributed by atoms with E-state index in [0.29, 0.717) is 0 Å². The molecule has 4 heteroatoms. The Morgan fingerprint density at radius 1 is 1.05 bits per heavy atom. The largest absolute Gasteiger partial charge is 0.325 e. The summed E-state index contributed by atoms with van der Waals surface area (Å²) >= 11 is 3.37. The van der Waals surface area contributed by atoms with Gasteiger partial charge in [-0.05, 0) is 48.8 Å². The van der Waals surface area contributed by atoms with Gasteiger partial charge < -0.3 is 4.57 Å². The second kappa shape index (κ2) is 4.70. The van der Waals surface area contributed by atoms with Crippen molar-refractivity contribution in [3.8, 4) is 11.1 Å². The fourth-order valence-corrected chi connectivity index (χ4v) is 2.58. The van der Waals surface area contributed by atoms with Gasteiger partial charge in [0, 0.05) is 22.9 Å². The quantitative estimate of drug-likeness (QED) is 0.610. The number of para-hydroxylation sites is 1. The van der Waals surface area contributed by atoms with Gasteiger partial charge >= 0.3 is 0 Å². The van der Waals surface area contributed by atoms with Crippen molar-refractivity contribution in [2.24, 2.45) is 0 Å². The molecule has 0 N–H and O–H groups in total. The van der Waals surface area contributed by atoms with E-state index in [1.165, 1.54) is 0 Å². The minimum absolute atomic E-state index is 0.0192. The first kappa shape index (κ1) is 13.3. The lowest BCUT2D eigenvalue weighted by molar-refractivity contribution is 0.408. The average Bonchev–Trinajstić information content (AvgIpc) is 2.83. The predicted molar refractivity (Wildman–Crippen MR) is 85.7 cm³/mol. The van der Waals surface area contributed by atoms with Gasteiger partial charge in [-0.25, -0.2) is 9.97 Å². The van der Waals surface area contributed by atoms with E-state index in [1.807, 2.05) is 18.6 Å². The lowest BCUT2D eigenvalue weighted by Gasteiger charge is -2.21. The Kier molecular flexibility index (Phi) is 3.13. The number of hydrogen-bond donors (Lipinski definition) is 0. The molecule has 2 aromatic heterocycles. The summed E-state index contributed by atoms with van der Waals surface area (Å²) < 4.78 is 3.05. The fourth-order valence-electron chi connectivity index (χ4n) is 2.34. The summed E-state index contributed by atoms with van der Waals surface area (Å²) in [4.78, 5) is 8.91. The average molecular weight is 330 g/mol. The van der Waals surface area contributed by atoms with Crippen molar-refractivity contribution in [1.29, 1.82) is 0 Å². The number of imidazole rings is 1. The molecule has 3 rings (SSSR count). The van der Waals surface area contributed by atoms with Crippen molar-refractivity contribution in [2.75, 3.05) is 0 Å². The van der Waals surface area contributed by atoms with Crippen LogP contribution in [0.3, 0.4) is 0 Å². The molecule has 3 aromatic rings. The Hall–Kier alpha value is -1.68. The molecule has 0 saturated carbocycles. The number of pyridine rings is 1. The third-order valence-corrected chi connectivity index (χ3v) is 3.81. The summed E-state index contributed by atoms with van der Waals surface area (Å²) in [6.45, 7) is 6.55. The SMILES string of the molecule is CC(C)(C)n1cnc2c(-c3ccc(Br)nc3)cccc21. The Bertz CT molecular complexity index is 751. The summed E-state index contributed by atoms with van der Waals surface area (Å²) in [7, 11) is 0. The Labute approximate surface area is 126 Å². The standard InChI is InChI=1S/C16H16BrN3/c1-16(2,3)20-10-19-15-12(5-4-6-13(15)20)11-7-8-14(17)18-9-11/h4-10H,1-3H3. The van der Waals surface area contributed by atoms with Crippen LogP contribution in [0.1, 0.15) is 20.8 Å². The van der Waals surface area contributed by atoms with Crippen LogP contribution in [0.5, 0.6) is 0 Å². The Morgan fingerprint density at radius 3 is 2.50 bits per heavy atom. The van der Waals surface area contributed by atoms with E-state index < -0.39 is 0 Å². The van der Waals surface area contributed by atoms with Gasteiger partial charge in [-0.15, -0.1) is 0 Å². The molecule has 0 spiro atoms. The van der Waals surface area contributed by atoms with E-state index in [1.54, 1.807) is 0 Å². The number of aromatic nitrogens is 3. The maximum atomic E-state index is 4.61. The van der Waals surface area contributed by atoms with E-state index in [4.69, 9.17) is 0 Å². The van der Waals surface area contributed by atoms with Crippen molar-refractivity contribution >= 4 is 27.0 Å². The smallest absolute Gasteiger partial charge is 0.106 e. The molecule has 20 heavy (non-hydrogen) atoms. The number of halogens is 1. The summed E-state index contributed by atoms with van der Waals surface area (Å²) in [6.07, 6.45) is 3.79. The summed E-state index contributed by atoms with van der Waals surface area (Å²) in [5.41, 5.74) is 4.39. The van der Waals surface area contributed by atoms with Crippen molar-refractivity contribution in [1.82, 2.24) is 14.5 Å².